The van der Waals surface area contributed by atoms with Crippen molar-refractivity contribution < 1.29 is 17.9 Å². The second-order valence-electron chi connectivity index (χ2n) is 5.02. The van der Waals surface area contributed by atoms with Gasteiger partial charge in [0.15, 0.2) is 0 Å². The van der Waals surface area contributed by atoms with Gasteiger partial charge in [0.25, 0.3) is 0 Å². The number of nitrogens with one attached hydrogen (secondary N) is 1. The van der Waals surface area contributed by atoms with Gasteiger partial charge in [0.1, 0.15) is 4.90 Å². The third-order valence-electron chi connectivity index (χ3n) is 3.57. The Balaban J connectivity index is 2.07. The lowest BCUT2D eigenvalue weighted by Crippen LogP contribution is -2.50. The summed E-state index contributed by atoms with van der Waals surface area (Å²) in [6.07, 6.45) is 0. The highest BCUT2D eigenvalue weighted by Crippen LogP contribution is 2.22. The van der Waals surface area contributed by atoms with Crippen molar-refractivity contribution in [2.24, 2.45) is 0 Å². The molecule has 1 fully saturated rings. The number of piperazine rings is 1. The van der Waals surface area contributed by atoms with Gasteiger partial charge < -0.3 is 4.74 Å². The lowest BCUT2D eigenvalue weighted by atomic mass is 10.3. The van der Waals surface area contributed by atoms with Crippen LogP contribution in [0.15, 0.2) is 4.90 Å². The van der Waals surface area contributed by atoms with Crippen LogP contribution in [0, 0.1) is 13.8 Å². The Morgan fingerprint density at radius 2 is 1.90 bits per heavy atom. The monoisotopic (exact) mass is 316 g/mol. The minimum atomic E-state index is -3.54. The molecule has 0 amide bonds. The Hall–Kier alpha value is -1.45. The van der Waals surface area contributed by atoms with Crippen LogP contribution in [0.5, 0.6) is 0 Å². The highest BCUT2D eigenvalue weighted by molar-refractivity contribution is 7.89. The van der Waals surface area contributed by atoms with Gasteiger partial charge in [-0.15, -0.1) is 0 Å². The second-order valence-corrected chi connectivity index (χ2v) is 6.89. The zero-order valence-corrected chi connectivity index (χ0v) is 13.2. The maximum absolute atomic E-state index is 12.6. The molecule has 1 saturated heterocycles. The minimum absolute atomic E-state index is 0.189. The van der Waals surface area contributed by atoms with Crippen LogP contribution in [0.4, 0.5) is 0 Å². The summed E-state index contributed by atoms with van der Waals surface area (Å²) >= 11 is 0. The second kappa shape index (κ2) is 6.12. The number of aromatic amines is 1. The molecule has 0 saturated carbocycles. The van der Waals surface area contributed by atoms with Gasteiger partial charge in [0.05, 0.1) is 25.0 Å². The highest BCUT2D eigenvalue weighted by atomic mass is 32.2. The summed E-state index contributed by atoms with van der Waals surface area (Å²) in [4.78, 5) is 13.4. The van der Waals surface area contributed by atoms with Crippen molar-refractivity contribution >= 4 is 16.0 Å². The number of ether oxygens (including phenoxy) is 1. The number of esters is 1. The third-order valence-corrected chi connectivity index (χ3v) is 5.73. The number of nitrogens with zero attached hydrogens (tertiary/aromatic N) is 3. The van der Waals surface area contributed by atoms with E-state index < -0.39 is 10.0 Å². The topological polar surface area (TPSA) is 95.6 Å². The fraction of sp³-hybridized carbons (Fsp3) is 0.667. The lowest BCUT2D eigenvalue weighted by Gasteiger charge is -2.33. The van der Waals surface area contributed by atoms with Crippen LogP contribution in [0.3, 0.4) is 0 Å². The number of rotatable bonds is 4. The molecule has 0 aliphatic carbocycles. The molecule has 1 aliphatic rings. The van der Waals surface area contributed by atoms with Crippen molar-refractivity contribution in [3.63, 3.8) is 0 Å². The van der Waals surface area contributed by atoms with E-state index >= 15 is 0 Å². The van der Waals surface area contributed by atoms with Crippen molar-refractivity contribution in [2.75, 3.05) is 39.8 Å². The molecular formula is C12H20N4O4S. The Bertz CT molecular complexity index is 598. The van der Waals surface area contributed by atoms with E-state index in [1.165, 1.54) is 11.4 Å². The summed E-state index contributed by atoms with van der Waals surface area (Å²) in [5.41, 5.74) is 1.02. The number of H-pyrrole nitrogens is 1. The first kappa shape index (κ1) is 15.9. The molecule has 0 spiro atoms. The number of sulfonamides is 1. The number of carbonyl (C=O) groups excluding carboxylic acids is 1. The zero-order valence-electron chi connectivity index (χ0n) is 12.4. The highest BCUT2D eigenvalue weighted by Gasteiger charge is 2.32. The number of carbonyl (C=O) groups is 1. The van der Waals surface area contributed by atoms with Crippen LogP contribution in [-0.4, -0.2) is 73.6 Å². The summed E-state index contributed by atoms with van der Waals surface area (Å²) in [6.45, 7) is 5.26. The van der Waals surface area contributed by atoms with Gasteiger partial charge in [-0.1, -0.05) is 0 Å². The summed E-state index contributed by atoms with van der Waals surface area (Å²) < 4.78 is 31.3. The number of hydrogen-bond acceptors (Lipinski definition) is 6. The van der Waals surface area contributed by atoms with Gasteiger partial charge in [0, 0.05) is 26.2 Å². The standard InChI is InChI=1S/C12H20N4O4S/c1-9-12(10(2)14-13-9)21(18,19)16-6-4-15(5-7-16)8-11(17)20-3/h4-8H2,1-3H3,(H,13,14). The molecule has 0 aromatic carbocycles. The quantitative estimate of drug-likeness (QED) is 0.753. The van der Waals surface area contributed by atoms with E-state index in [9.17, 15) is 13.2 Å². The molecule has 9 heteroatoms. The van der Waals surface area contributed by atoms with Crippen LogP contribution in [0.25, 0.3) is 0 Å². The first-order chi connectivity index (χ1) is 9.86. The Labute approximate surface area is 124 Å². The van der Waals surface area contributed by atoms with Gasteiger partial charge in [0.2, 0.25) is 10.0 Å². The maximum Gasteiger partial charge on any atom is 0.319 e. The summed E-state index contributed by atoms with van der Waals surface area (Å²) in [5, 5.41) is 6.64. The minimum Gasteiger partial charge on any atom is -0.468 e. The van der Waals surface area contributed by atoms with Gasteiger partial charge in [-0.2, -0.15) is 9.40 Å². The number of aryl methyl sites for hydroxylation is 2. The molecule has 1 aromatic rings. The van der Waals surface area contributed by atoms with E-state index in [2.05, 4.69) is 14.9 Å². The van der Waals surface area contributed by atoms with E-state index in [1.807, 2.05) is 4.90 Å². The van der Waals surface area contributed by atoms with E-state index in [0.717, 1.165) is 0 Å². The summed E-state index contributed by atoms with van der Waals surface area (Å²) in [7, 11) is -2.20. The van der Waals surface area contributed by atoms with Crippen LogP contribution in [0.1, 0.15) is 11.4 Å². The predicted octanol–water partition coefficient (Wildman–Crippen LogP) is -0.494. The van der Waals surface area contributed by atoms with Crippen molar-refractivity contribution in [2.45, 2.75) is 18.7 Å². The Kier molecular flexibility index (Phi) is 4.64. The maximum atomic E-state index is 12.6. The zero-order chi connectivity index (χ0) is 15.6. The number of hydrogen-bond donors (Lipinski definition) is 1. The molecule has 1 N–H and O–H groups in total. The normalized spacial score (nSPS) is 17.9. The SMILES string of the molecule is COC(=O)CN1CCN(S(=O)(=O)c2c(C)n[nH]c2C)CC1. The van der Waals surface area contributed by atoms with Gasteiger partial charge in [-0.05, 0) is 13.8 Å². The molecule has 0 radical (unpaired) electrons. The van der Waals surface area contributed by atoms with E-state index in [-0.39, 0.29) is 17.4 Å². The Morgan fingerprint density at radius 3 is 2.38 bits per heavy atom. The van der Waals surface area contributed by atoms with Crippen molar-refractivity contribution in [3.8, 4) is 0 Å². The van der Waals surface area contributed by atoms with Crippen molar-refractivity contribution in [1.82, 2.24) is 19.4 Å². The summed E-state index contributed by atoms with van der Waals surface area (Å²) in [5.74, 6) is -0.312. The van der Waals surface area contributed by atoms with Crippen LogP contribution in [-0.2, 0) is 19.6 Å². The molecule has 8 nitrogen and oxygen atoms in total. The van der Waals surface area contributed by atoms with Crippen LogP contribution < -0.4 is 0 Å². The third kappa shape index (κ3) is 3.25. The molecule has 0 atom stereocenters. The van der Waals surface area contributed by atoms with Gasteiger partial charge >= 0.3 is 5.97 Å². The smallest absolute Gasteiger partial charge is 0.319 e. The molecule has 0 unspecified atom stereocenters. The molecule has 2 rings (SSSR count). The average molecular weight is 316 g/mol. The van der Waals surface area contributed by atoms with E-state index in [4.69, 9.17) is 0 Å². The molecule has 1 aliphatic heterocycles. The lowest BCUT2D eigenvalue weighted by molar-refractivity contribution is -0.142. The Morgan fingerprint density at radius 1 is 1.29 bits per heavy atom. The van der Waals surface area contributed by atoms with Gasteiger partial charge in [-0.3, -0.25) is 14.8 Å². The van der Waals surface area contributed by atoms with Gasteiger partial charge in [-0.25, -0.2) is 8.42 Å². The first-order valence-electron chi connectivity index (χ1n) is 6.67. The van der Waals surface area contributed by atoms with Crippen molar-refractivity contribution in [3.05, 3.63) is 11.4 Å². The molecule has 118 valence electrons. The van der Waals surface area contributed by atoms with Crippen LogP contribution in [0.2, 0.25) is 0 Å². The van der Waals surface area contributed by atoms with Crippen LogP contribution >= 0.6 is 0 Å². The first-order valence-corrected chi connectivity index (χ1v) is 8.11. The average Bonchev–Trinajstić information content (AvgIpc) is 2.79. The molecular weight excluding hydrogens is 296 g/mol. The summed E-state index contributed by atoms with van der Waals surface area (Å²) in [6, 6.07) is 0. The van der Waals surface area contributed by atoms with Crippen molar-refractivity contribution in [1.29, 1.82) is 0 Å². The number of methoxy groups -OCH3 is 1. The predicted molar refractivity (Wildman–Crippen MR) is 75.3 cm³/mol. The fourth-order valence-corrected chi connectivity index (χ4v) is 4.18. The largest absolute Gasteiger partial charge is 0.468 e. The van der Waals surface area contributed by atoms with E-state index in [1.54, 1.807) is 13.8 Å². The molecule has 1 aromatic heterocycles. The molecule has 2 heterocycles. The van der Waals surface area contributed by atoms with E-state index in [0.29, 0.717) is 37.6 Å². The number of aromatic nitrogens is 2. The fourth-order valence-electron chi connectivity index (χ4n) is 2.42. The molecule has 21 heavy (non-hydrogen) atoms. The molecule has 0 bridgehead atoms.